The highest BCUT2D eigenvalue weighted by atomic mass is 32.1. The Morgan fingerprint density at radius 2 is 2.04 bits per heavy atom. The van der Waals surface area contributed by atoms with E-state index < -0.39 is 6.10 Å². The average Bonchev–Trinajstić information content (AvgIpc) is 3.10. The molecule has 0 aliphatic carbocycles. The first kappa shape index (κ1) is 17.3. The zero-order valence-electron chi connectivity index (χ0n) is 13.5. The maximum absolute atomic E-state index is 10.3. The molecule has 2 rings (SSSR count). The zero-order chi connectivity index (χ0) is 16.5. The minimum Gasteiger partial charge on any atom is -0.497 e. The van der Waals surface area contributed by atoms with Gasteiger partial charge < -0.3 is 20.5 Å². The van der Waals surface area contributed by atoms with Gasteiger partial charge in [-0.2, -0.15) is 11.3 Å². The van der Waals surface area contributed by atoms with Crippen LogP contribution in [0.5, 0.6) is 5.75 Å². The molecule has 3 N–H and O–H groups in total. The number of nitrogens with one attached hydrogen (secondary N) is 2. The molecule has 0 amide bonds. The lowest BCUT2D eigenvalue weighted by Crippen LogP contribution is -2.39. The van der Waals surface area contributed by atoms with Gasteiger partial charge in [-0.3, -0.25) is 0 Å². The van der Waals surface area contributed by atoms with E-state index in [1.165, 1.54) is 5.56 Å². The third kappa shape index (κ3) is 5.58. The summed E-state index contributed by atoms with van der Waals surface area (Å²) in [6.45, 7) is 3.80. The normalized spacial score (nSPS) is 12.7. The number of aliphatic imine (C=N–C) groups is 1. The SMILES string of the molecule is CCNC(=NCc1ccsc1)NCC(O)c1ccc(OC)cc1. The second kappa shape index (κ2) is 9.17. The number of benzene rings is 1. The fourth-order valence-corrected chi connectivity index (χ4v) is 2.69. The quantitative estimate of drug-likeness (QED) is 0.538. The van der Waals surface area contributed by atoms with Crippen LogP contribution in [0, 0.1) is 0 Å². The molecule has 1 unspecified atom stereocenters. The Morgan fingerprint density at radius 3 is 2.65 bits per heavy atom. The number of thiophene rings is 1. The molecule has 0 fully saturated rings. The van der Waals surface area contributed by atoms with E-state index in [-0.39, 0.29) is 0 Å². The smallest absolute Gasteiger partial charge is 0.191 e. The van der Waals surface area contributed by atoms with Crippen molar-refractivity contribution < 1.29 is 9.84 Å². The monoisotopic (exact) mass is 333 g/mol. The van der Waals surface area contributed by atoms with E-state index in [1.54, 1.807) is 18.4 Å². The number of hydrogen-bond donors (Lipinski definition) is 3. The maximum atomic E-state index is 10.3. The van der Waals surface area contributed by atoms with Crippen molar-refractivity contribution in [3.63, 3.8) is 0 Å². The minimum atomic E-state index is -0.606. The largest absolute Gasteiger partial charge is 0.497 e. The lowest BCUT2D eigenvalue weighted by Gasteiger charge is -2.15. The molecular weight excluding hydrogens is 310 g/mol. The Kier molecular flexibility index (Phi) is 6.90. The molecule has 0 aliphatic rings. The second-order valence-electron chi connectivity index (χ2n) is 5.00. The van der Waals surface area contributed by atoms with Crippen molar-refractivity contribution in [2.75, 3.05) is 20.2 Å². The molecule has 0 bridgehead atoms. The second-order valence-corrected chi connectivity index (χ2v) is 5.78. The van der Waals surface area contributed by atoms with Crippen LogP contribution >= 0.6 is 11.3 Å². The summed E-state index contributed by atoms with van der Waals surface area (Å²) in [5, 5.41) is 20.7. The van der Waals surface area contributed by atoms with Crippen molar-refractivity contribution in [2.45, 2.75) is 19.6 Å². The van der Waals surface area contributed by atoms with Gasteiger partial charge in [0.2, 0.25) is 0 Å². The van der Waals surface area contributed by atoms with E-state index in [4.69, 9.17) is 4.74 Å². The lowest BCUT2D eigenvalue weighted by atomic mass is 10.1. The number of aliphatic hydroxyl groups is 1. The zero-order valence-corrected chi connectivity index (χ0v) is 14.3. The van der Waals surface area contributed by atoms with Crippen molar-refractivity contribution in [1.82, 2.24) is 10.6 Å². The fourth-order valence-electron chi connectivity index (χ4n) is 2.03. The van der Waals surface area contributed by atoms with Crippen LogP contribution in [0.1, 0.15) is 24.2 Å². The summed E-state index contributed by atoms with van der Waals surface area (Å²) in [7, 11) is 1.62. The predicted octanol–water partition coefficient (Wildman–Crippen LogP) is 2.55. The van der Waals surface area contributed by atoms with Gasteiger partial charge in [0.15, 0.2) is 5.96 Å². The van der Waals surface area contributed by atoms with Gasteiger partial charge in [0.05, 0.1) is 19.8 Å². The van der Waals surface area contributed by atoms with Gasteiger partial charge in [0, 0.05) is 13.1 Å². The molecule has 6 heteroatoms. The summed E-state index contributed by atoms with van der Waals surface area (Å²) < 4.78 is 5.12. The molecular formula is C17H23N3O2S. The first-order valence-electron chi connectivity index (χ1n) is 7.58. The number of rotatable bonds is 7. The maximum Gasteiger partial charge on any atom is 0.191 e. The highest BCUT2D eigenvalue weighted by molar-refractivity contribution is 7.07. The fraction of sp³-hybridized carbons (Fsp3) is 0.353. The van der Waals surface area contributed by atoms with E-state index >= 15 is 0 Å². The lowest BCUT2D eigenvalue weighted by molar-refractivity contribution is 0.180. The summed E-state index contributed by atoms with van der Waals surface area (Å²) >= 11 is 1.66. The number of guanidine groups is 1. The Labute approximate surface area is 141 Å². The highest BCUT2D eigenvalue weighted by Crippen LogP contribution is 2.16. The van der Waals surface area contributed by atoms with E-state index in [0.29, 0.717) is 19.0 Å². The van der Waals surface area contributed by atoms with Crippen LogP contribution in [0.4, 0.5) is 0 Å². The van der Waals surface area contributed by atoms with Crippen molar-refractivity contribution in [3.8, 4) is 5.75 Å². The summed E-state index contributed by atoms with van der Waals surface area (Å²) in [5.41, 5.74) is 2.02. The molecule has 1 heterocycles. The Bertz CT molecular complexity index is 597. The standard InChI is InChI=1S/C17H23N3O2S/c1-3-18-17(19-10-13-8-9-23-12-13)20-11-16(21)14-4-6-15(22-2)7-5-14/h4-9,12,16,21H,3,10-11H2,1-2H3,(H2,18,19,20). The predicted molar refractivity (Wildman–Crippen MR) is 95.1 cm³/mol. The van der Waals surface area contributed by atoms with Crippen molar-refractivity contribution in [3.05, 3.63) is 52.2 Å². The molecule has 0 aliphatic heterocycles. The molecule has 1 atom stereocenters. The number of hydrogen-bond acceptors (Lipinski definition) is 4. The van der Waals surface area contributed by atoms with E-state index in [9.17, 15) is 5.11 Å². The number of methoxy groups -OCH3 is 1. The molecule has 0 saturated carbocycles. The molecule has 23 heavy (non-hydrogen) atoms. The van der Waals surface area contributed by atoms with E-state index in [1.807, 2.05) is 36.6 Å². The molecule has 5 nitrogen and oxygen atoms in total. The Hall–Kier alpha value is -2.05. The topological polar surface area (TPSA) is 65.9 Å². The van der Waals surface area contributed by atoms with Crippen LogP contribution in [0.25, 0.3) is 0 Å². The highest BCUT2D eigenvalue weighted by Gasteiger charge is 2.08. The van der Waals surface area contributed by atoms with E-state index in [2.05, 4.69) is 27.1 Å². The number of aliphatic hydroxyl groups excluding tert-OH is 1. The van der Waals surface area contributed by atoms with Crippen LogP contribution in [-0.4, -0.2) is 31.3 Å². The average molecular weight is 333 g/mol. The first-order chi connectivity index (χ1) is 11.2. The molecule has 0 spiro atoms. The van der Waals surface area contributed by atoms with E-state index in [0.717, 1.165) is 17.9 Å². The molecule has 124 valence electrons. The first-order valence-corrected chi connectivity index (χ1v) is 8.52. The summed E-state index contributed by atoms with van der Waals surface area (Å²) in [4.78, 5) is 4.52. The van der Waals surface area contributed by atoms with Crippen LogP contribution in [0.2, 0.25) is 0 Å². The van der Waals surface area contributed by atoms with Gasteiger partial charge in [-0.25, -0.2) is 4.99 Å². The number of ether oxygens (including phenoxy) is 1. The van der Waals surface area contributed by atoms with Crippen LogP contribution in [0.15, 0.2) is 46.1 Å². The summed E-state index contributed by atoms with van der Waals surface area (Å²) in [6, 6.07) is 9.47. The van der Waals surface area contributed by atoms with Crippen LogP contribution < -0.4 is 15.4 Å². The molecule has 0 radical (unpaired) electrons. The van der Waals surface area contributed by atoms with Gasteiger partial charge >= 0.3 is 0 Å². The Morgan fingerprint density at radius 1 is 1.26 bits per heavy atom. The van der Waals surface area contributed by atoms with Gasteiger partial charge in [-0.1, -0.05) is 12.1 Å². The Balaban J connectivity index is 1.90. The summed E-state index contributed by atoms with van der Waals surface area (Å²) in [6.07, 6.45) is -0.606. The molecule has 1 aromatic carbocycles. The van der Waals surface area contributed by atoms with Gasteiger partial charge in [0.25, 0.3) is 0 Å². The van der Waals surface area contributed by atoms with Crippen molar-refractivity contribution in [1.29, 1.82) is 0 Å². The van der Waals surface area contributed by atoms with Crippen LogP contribution in [-0.2, 0) is 6.54 Å². The van der Waals surface area contributed by atoms with Gasteiger partial charge in [-0.15, -0.1) is 0 Å². The van der Waals surface area contributed by atoms with Crippen LogP contribution in [0.3, 0.4) is 0 Å². The minimum absolute atomic E-state index is 0.391. The molecule has 1 aromatic heterocycles. The molecule has 2 aromatic rings. The third-order valence-corrected chi connectivity index (χ3v) is 4.04. The summed E-state index contributed by atoms with van der Waals surface area (Å²) in [5.74, 6) is 1.48. The van der Waals surface area contributed by atoms with Crippen molar-refractivity contribution >= 4 is 17.3 Å². The number of nitrogens with zero attached hydrogens (tertiary/aromatic N) is 1. The van der Waals surface area contributed by atoms with Gasteiger partial charge in [-0.05, 0) is 47.0 Å². The van der Waals surface area contributed by atoms with Gasteiger partial charge in [0.1, 0.15) is 5.75 Å². The van der Waals surface area contributed by atoms with Crippen molar-refractivity contribution in [2.24, 2.45) is 4.99 Å². The third-order valence-electron chi connectivity index (χ3n) is 3.31. The molecule has 0 saturated heterocycles.